The first-order valence-corrected chi connectivity index (χ1v) is 6.43. The summed E-state index contributed by atoms with van der Waals surface area (Å²) >= 11 is 6.21. The average molecular weight is 279 g/mol. The zero-order valence-electron chi connectivity index (χ0n) is 10.6. The minimum Gasteiger partial charge on any atom is -0.357 e. The van der Waals surface area contributed by atoms with Crippen LogP contribution in [0.1, 0.15) is 5.56 Å². The van der Waals surface area contributed by atoms with Gasteiger partial charge in [0.15, 0.2) is 0 Å². The van der Waals surface area contributed by atoms with Crippen LogP contribution in [-0.2, 0) is 4.79 Å². The predicted octanol–water partition coefficient (Wildman–Crippen LogP) is 0.736. The van der Waals surface area contributed by atoms with Gasteiger partial charge in [0.2, 0.25) is 5.91 Å². The van der Waals surface area contributed by atoms with E-state index in [0.717, 1.165) is 12.2 Å². The van der Waals surface area contributed by atoms with Gasteiger partial charge < -0.3 is 15.5 Å². The Hall–Kier alpha value is -1.77. The molecule has 1 aliphatic heterocycles. The second kappa shape index (κ2) is 5.91. The minimum atomic E-state index is -0.288. The molecule has 6 heteroatoms. The molecule has 0 saturated carbocycles. The van der Waals surface area contributed by atoms with Crippen LogP contribution in [-0.4, -0.2) is 38.6 Å². The first kappa shape index (κ1) is 13.7. The summed E-state index contributed by atoms with van der Waals surface area (Å²) in [5.41, 5.74) is 1.30. The summed E-state index contributed by atoms with van der Waals surface area (Å²) in [6.45, 7) is 2.07. The second-order valence-corrected chi connectivity index (χ2v) is 4.71. The summed E-state index contributed by atoms with van der Waals surface area (Å²) in [6.07, 6.45) is 0. The van der Waals surface area contributed by atoms with Crippen molar-refractivity contribution in [1.29, 1.82) is 5.26 Å². The Labute approximate surface area is 117 Å². The highest BCUT2D eigenvalue weighted by molar-refractivity contribution is 6.33. The van der Waals surface area contributed by atoms with Crippen LogP contribution < -0.4 is 15.5 Å². The predicted molar refractivity (Wildman–Crippen MR) is 74.2 cm³/mol. The van der Waals surface area contributed by atoms with E-state index in [1.807, 2.05) is 11.0 Å². The molecule has 1 saturated heterocycles. The molecule has 1 aliphatic rings. The Morgan fingerprint density at radius 2 is 2.42 bits per heavy atom. The molecule has 0 radical (unpaired) electrons. The van der Waals surface area contributed by atoms with Crippen molar-refractivity contribution in [3.05, 3.63) is 28.8 Å². The number of likely N-dealkylation sites (N-methyl/N-ethyl adjacent to an activating group) is 1. The van der Waals surface area contributed by atoms with E-state index < -0.39 is 0 Å². The van der Waals surface area contributed by atoms with Gasteiger partial charge in [0.1, 0.15) is 6.04 Å². The minimum absolute atomic E-state index is 0.0485. The van der Waals surface area contributed by atoms with Gasteiger partial charge in [-0.05, 0) is 18.2 Å². The Bertz CT molecular complexity index is 526. The largest absolute Gasteiger partial charge is 0.357 e. The molecular formula is C13H15ClN4O. The van der Waals surface area contributed by atoms with E-state index in [9.17, 15) is 4.79 Å². The van der Waals surface area contributed by atoms with Gasteiger partial charge >= 0.3 is 0 Å². The fourth-order valence-corrected chi connectivity index (χ4v) is 2.49. The monoisotopic (exact) mass is 278 g/mol. The molecule has 1 aromatic rings. The Balaban J connectivity index is 2.32. The van der Waals surface area contributed by atoms with E-state index >= 15 is 0 Å². The SMILES string of the molecule is CNC(=O)C1CNCCN1c1ccc(C#N)cc1Cl. The van der Waals surface area contributed by atoms with Gasteiger partial charge in [-0.3, -0.25) is 4.79 Å². The number of carbonyl (C=O) groups excluding carboxylic acids is 1. The number of hydrogen-bond donors (Lipinski definition) is 2. The van der Waals surface area contributed by atoms with Crippen molar-refractivity contribution in [2.45, 2.75) is 6.04 Å². The van der Waals surface area contributed by atoms with Gasteiger partial charge in [0.25, 0.3) is 0 Å². The van der Waals surface area contributed by atoms with Crippen LogP contribution in [0.25, 0.3) is 0 Å². The first-order valence-electron chi connectivity index (χ1n) is 6.06. The standard InChI is InChI=1S/C13H15ClN4O/c1-16-13(19)12-8-17-4-5-18(12)11-3-2-9(7-15)6-10(11)14/h2-3,6,12,17H,4-5,8H2,1H3,(H,16,19). The Morgan fingerprint density at radius 3 is 3.05 bits per heavy atom. The van der Waals surface area contributed by atoms with Crippen molar-refractivity contribution < 1.29 is 4.79 Å². The lowest BCUT2D eigenvalue weighted by Crippen LogP contribution is -2.57. The molecule has 1 amide bonds. The Morgan fingerprint density at radius 1 is 1.63 bits per heavy atom. The molecular weight excluding hydrogens is 264 g/mol. The van der Waals surface area contributed by atoms with Crippen molar-refractivity contribution >= 4 is 23.2 Å². The summed E-state index contributed by atoms with van der Waals surface area (Å²) in [5, 5.41) is 15.2. The van der Waals surface area contributed by atoms with E-state index in [2.05, 4.69) is 10.6 Å². The van der Waals surface area contributed by atoms with E-state index in [1.54, 1.807) is 25.2 Å². The van der Waals surface area contributed by atoms with Crippen molar-refractivity contribution in [2.75, 3.05) is 31.6 Å². The van der Waals surface area contributed by atoms with Gasteiger partial charge in [0.05, 0.1) is 22.3 Å². The molecule has 1 unspecified atom stereocenters. The van der Waals surface area contributed by atoms with E-state index in [4.69, 9.17) is 16.9 Å². The third-order valence-corrected chi connectivity index (χ3v) is 3.48. The number of nitrogens with one attached hydrogen (secondary N) is 2. The summed E-state index contributed by atoms with van der Waals surface area (Å²) in [5.74, 6) is -0.0485. The molecule has 1 aromatic carbocycles. The molecule has 100 valence electrons. The number of anilines is 1. The number of nitrogens with zero attached hydrogens (tertiary/aromatic N) is 2. The van der Waals surface area contributed by atoms with Crippen LogP contribution in [0.2, 0.25) is 5.02 Å². The fourth-order valence-electron chi connectivity index (χ4n) is 2.20. The highest BCUT2D eigenvalue weighted by Gasteiger charge is 2.29. The third kappa shape index (κ3) is 2.80. The number of halogens is 1. The molecule has 19 heavy (non-hydrogen) atoms. The summed E-state index contributed by atoms with van der Waals surface area (Å²) in [7, 11) is 1.62. The van der Waals surface area contributed by atoms with Gasteiger partial charge in [-0.2, -0.15) is 5.26 Å². The molecule has 0 bridgehead atoms. The lowest BCUT2D eigenvalue weighted by Gasteiger charge is -2.37. The molecule has 1 fully saturated rings. The summed E-state index contributed by atoms with van der Waals surface area (Å²) < 4.78 is 0. The molecule has 0 aliphatic carbocycles. The van der Waals surface area contributed by atoms with Gasteiger partial charge in [-0.1, -0.05) is 11.6 Å². The lowest BCUT2D eigenvalue weighted by molar-refractivity contribution is -0.122. The number of benzene rings is 1. The topological polar surface area (TPSA) is 68.2 Å². The van der Waals surface area contributed by atoms with Crippen LogP contribution >= 0.6 is 11.6 Å². The molecule has 0 spiro atoms. The highest BCUT2D eigenvalue weighted by Crippen LogP contribution is 2.28. The number of amides is 1. The summed E-state index contributed by atoms with van der Waals surface area (Å²) in [6, 6.07) is 6.89. The van der Waals surface area contributed by atoms with E-state index in [-0.39, 0.29) is 11.9 Å². The van der Waals surface area contributed by atoms with Crippen LogP contribution in [0.4, 0.5) is 5.69 Å². The lowest BCUT2D eigenvalue weighted by atomic mass is 10.1. The molecule has 0 aromatic heterocycles. The van der Waals surface area contributed by atoms with Crippen molar-refractivity contribution in [3.63, 3.8) is 0 Å². The van der Waals surface area contributed by atoms with Crippen LogP contribution in [0.15, 0.2) is 18.2 Å². The first-order chi connectivity index (χ1) is 9.17. The normalized spacial score (nSPS) is 18.8. The van der Waals surface area contributed by atoms with Crippen LogP contribution in [0.3, 0.4) is 0 Å². The van der Waals surface area contributed by atoms with Crippen LogP contribution in [0, 0.1) is 11.3 Å². The molecule has 2 rings (SSSR count). The number of nitriles is 1. The highest BCUT2D eigenvalue weighted by atomic mass is 35.5. The van der Waals surface area contributed by atoms with Crippen molar-refractivity contribution in [3.8, 4) is 6.07 Å². The van der Waals surface area contributed by atoms with Gasteiger partial charge in [0, 0.05) is 26.7 Å². The molecule has 5 nitrogen and oxygen atoms in total. The second-order valence-electron chi connectivity index (χ2n) is 4.31. The van der Waals surface area contributed by atoms with E-state index in [0.29, 0.717) is 23.7 Å². The molecule has 1 atom stereocenters. The van der Waals surface area contributed by atoms with Crippen LogP contribution in [0.5, 0.6) is 0 Å². The molecule has 2 N–H and O–H groups in total. The maximum absolute atomic E-state index is 11.9. The van der Waals surface area contributed by atoms with Crippen molar-refractivity contribution in [2.24, 2.45) is 0 Å². The molecule has 1 heterocycles. The maximum Gasteiger partial charge on any atom is 0.243 e. The average Bonchev–Trinajstić information content (AvgIpc) is 2.46. The fraction of sp³-hybridized carbons (Fsp3) is 0.385. The number of rotatable bonds is 2. The van der Waals surface area contributed by atoms with Gasteiger partial charge in [-0.15, -0.1) is 0 Å². The number of carbonyl (C=O) groups is 1. The maximum atomic E-state index is 11.9. The van der Waals surface area contributed by atoms with E-state index in [1.165, 1.54) is 0 Å². The van der Waals surface area contributed by atoms with Gasteiger partial charge in [-0.25, -0.2) is 0 Å². The Kier molecular flexibility index (Phi) is 4.25. The smallest absolute Gasteiger partial charge is 0.243 e. The summed E-state index contributed by atoms with van der Waals surface area (Å²) in [4.78, 5) is 13.9. The third-order valence-electron chi connectivity index (χ3n) is 3.18. The number of hydrogen-bond acceptors (Lipinski definition) is 4. The zero-order valence-corrected chi connectivity index (χ0v) is 11.4. The zero-order chi connectivity index (χ0) is 13.8. The quantitative estimate of drug-likeness (QED) is 0.837. The van der Waals surface area contributed by atoms with Crippen molar-refractivity contribution in [1.82, 2.24) is 10.6 Å². The number of piperazine rings is 1.